The molecule has 0 bridgehead atoms. The van der Waals surface area contributed by atoms with Gasteiger partial charge in [0, 0.05) is 17.2 Å². The highest BCUT2D eigenvalue weighted by atomic mass is 16.5. The van der Waals surface area contributed by atoms with Gasteiger partial charge in [-0.3, -0.25) is 4.98 Å². The molecule has 0 aliphatic carbocycles. The van der Waals surface area contributed by atoms with E-state index in [1.54, 1.807) is 7.11 Å². The average molecular weight is 369 g/mol. The molecule has 5 nitrogen and oxygen atoms in total. The second-order valence-corrected chi connectivity index (χ2v) is 7.18. The summed E-state index contributed by atoms with van der Waals surface area (Å²) in [7, 11) is 1.64. The second kappa shape index (κ2) is 7.59. The van der Waals surface area contributed by atoms with Crippen molar-refractivity contribution >= 4 is 5.97 Å². The first-order valence-electron chi connectivity index (χ1n) is 9.50. The molecule has 5 heteroatoms. The molecule has 0 atom stereocenters. The van der Waals surface area contributed by atoms with Crippen molar-refractivity contribution in [3.63, 3.8) is 0 Å². The van der Waals surface area contributed by atoms with Gasteiger partial charge in [-0.05, 0) is 51.8 Å². The number of aromatic nitrogens is 1. The normalized spacial score (nSPS) is 14.0. The summed E-state index contributed by atoms with van der Waals surface area (Å²) in [6.45, 7) is 8.24. The van der Waals surface area contributed by atoms with Gasteiger partial charge in [-0.1, -0.05) is 13.3 Å². The van der Waals surface area contributed by atoms with Gasteiger partial charge in [-0.25, -0.2) is 4.79 Å². The van der Waals surface area contributed by atoms with E-state index in [0.717, 1.165) is 53.3 Å². The van der Waals surface area contributed by atoms with Gasteiger partial charge in [-0.2, -0.15) is 0 Å². The first-order chi connectivity index (χ1) is 12.9. The minimum absolute atomic E-state index is 0.324. The molecule has 0 fully saturated rings. The molecule has 0 radical (unpaired) electrons. The molecule has 2 aromatic rings. The zero-order chi connectivity index (χ0) is 19.6. The van der Waals surface area contributed by atoms with Crippen LogP contribution in [-0.2, 0) is 16.8 Å². The third-order valence-corrected chi connectivity index (χ3v) is 4.82. The number of methoxy groups -OCH3 is 1. The maximum atomic E-state index is 12.5. The molecule has 0 spiro atoms. The first kappa shape index (κ1) is 19.2. The molecule has 0 amide bonds. The maximum Gasteiger partial charge on any atom is 0.339 e. The van der Waals surface area contributed by atoms with Gasteiger partial charge >= 0.3 is 5.97 Å². The molecule has 144 valence electrons. The summed E-state index contributed by atoms with van der Waals surface area (Å²) < 4.78 is 16.8. The van der Waals surface area contributed by atoms with Crippen LogP contribution in [0.5, 0.6) is 11.5 Å². The average Bonchev–Trinajstić information content (AvgIpc) is 2.65. The molecule has 1 aliphatic rings. The van der Waals surface area contributed by atoms with Crippen molar-refractivity contribution in [3.05, 3.63) is 41.1 Å². The van der Waals surface area contributed by atoms with Crippen molar-refractivity contribution < 1.29 is 19.0 Å². The smallest absolute Gasteiger partial charge is 0.339 e. The summed E-state index contributed by atoms with van der Waals surface area (Å²) in [5.74, 6) is 1.15. The highest BCUT2D eigenvalue weighted by Gasteiger charge is 2.35. The number of aryl methyl sites for hydroxylation is 1. The topological polar surface area (TPSA) is 57.7 Å². The summed E-state index contributed by atoms with van der Waals surface area (Å²) in [5, 5.41) is 0. The van der Waals surface area contributed by atoms with E-state index in [1.807, 2.05) is 45.0 Å². The van der Waals surface area contributed by atoms with Crippen LogP contribution in [0.15, 0.2) is 24.3 Å². The van der Waals surface area contributed by atoms with Crippen LogP contribution in [0.1, 0.15) is 62.2 Å². The Balaban J connectivity index is 2.20. The van der Waals surface area contributed by atoms with Crippen LogP contribution in [0.25, 0.3) is 11.3 Å². The van der Waals surface area contributed by atoms with Crippen molar-refractivity contribution in [2.75, 3.05) is 13.7 Å². The summed E-state index contributed by atoms with van der Waals surface area (Å²) in [4.78, 5) is 17.5. The number of carbonyl (C=O) groups is 1. The van der Waals surface area contributed by atoms with Gasteiger partial charge in [0.2, 0.25) is 0 Å². The minimum Gasteiger partial charge on any atom is -0.497 e. The van der Waals surface area contributed by atoms with Gasteiger partial charge in [0.15, 0.2) is 0 Å². The maximum absolute atomic E-state index is 12.5. The molecule has 0 unspecified atom stereocenters. The fourth-order valence-corrected chi connectivity index (χ4v) is 3.38. The molecule has 3 rings (SSSR count). The lowest BCUT2D eigenvalue weighted by atomic mass is 9.87. The number of carbonyl (C=O) groups excluding carboxylic acids is 1. The van der Waals surface area contributed by atoms with Crippen LogP contribution in [0.4, 0.5) is 0 Å². The van der Waals surface area contributed by atoms with Crippen molar-refractivity contribution in [1.82, 2.24) is 4.98 Å². The first-order valence-corrected chi connectivity index (χ1v) is 9.50. The number of esters is 1. The van der Waals surface area contributed by atoms with E-state index in [9.17, 15) is 4.79 Å². The summed E-state index contributed by atoms with van der Waals surface area (Å²) in [6.07, 6.45) is 2.74. The molecule has 1 aliphatic heterocycles. The second-order valence-electron chi connectivity index (χ2n) is 7.18. The zero-order valence-corrected chi connectivity index (χ0v) is 16.7. The van der Waals surface area contributed by atoms with E-state index in [2.05, 4.69) is 6.92 Å². The van der Waals surface area contributed by atoms with Gasteiger partial charge in [0.1, 0.15) is 17.1 Å². The monoisotopic (exact) mass is 369 g/mol. The predicted molar refractivity (Wildman–Crippen MR) is 104 cm³/mol. The molecule has 0 saturated heterocycles. The number of ether oxygens (including phenoxy) is 3. The number of rotatable bonds is 6. The third-order valence-electron chi connectivity index (χ3n) is 4.82. The number of fused-ring (bicyclic) bond motifs is 3. The van der Waals surface area contributed by atoms with Crippen LogP contribution in [0, 0.1) is 0 Å². The highest BCUT2D eigenvalue weighted by Crippen LogP contribution is 2.46. The number of hydrogen-bond acceptors (Lipinski definition) is 5. The van der Waals surface area contributed by atoms with Crippen LogP contribution < -0.4 is 9.47 Å². The minimum atomic E-state index is -0.619. The van der Waals surface area contributed by atoms with E-state index in [4.69, 9.17) is 19.2 Å². The molecular weight excluding hydrogens is 342 g/mol. The Morgan fingerprint density at radius 1 is 1.22 bits per heavy atom. The fraction of sp³-hybridized carbons (Fsp3) is 0.455. The lowest BCUT2D eigenvalue weighted by Crippen LogP contribution is -2.31. The molecule has 2 heterocycles. The highest BCUT2D eigenvalue weighted by molar-refractivity contribution is 5.92. The predicted octanol–water partition coefficient (Wildman–Crippen LogP) is 4.90. The molecule has 0 saturated carbocycles. The fourth-order valence-electron chi connectivity index (χ4n) is 3.38. The lowest BCUT2D eigenvalue weighted by molar-refractivity contribution is 0.0523. The molecule has 1 aromatic heterocycles. The number of nitrogens with zero attached hydrogens (tertiary/aromatic N) is 1. The Morgan fingerprint density at radius 3 is 2.67 bits per heavy atom. The Labute approximate surface area is 160 Å². The van der Waals surface area contributed by atoms with Crippen molar-refractivity contribution in [3.8, 4) is 22.8 Å². The van der Waals surface area contributed by atoms with Gasteiger partial charge in [0.05, 0.1) is 30.7 Å². The number of benzene rings is 1. The number of pyridine rings is 1. The van der Waals surface area contributed by atoms with Crippen molar-refractivity contribution in [2.45, 2.75) is 52.6 Å². The van der Waals surface area contributed by atoms with Crippen LogP contribution in [0.2, 0.25) is 0 Å². The largest absolute Gasteiger partial charge is 0.497 e. The summed E-state index contributed by atoms with van der Waals surface area (Å²) in [5.41, 5.74) is 3.38. The number of hydrogen-bond donors (Lipinski definition) is 0. The molecule has 1 aromatic carbocycles. The lowest BCUT2D eigenvalue weighted by Gasteiger charge is -2.35. The standard InChI is InChI=1S/C22H27NO4/c1-6-8-9-18-16(21(24)26-7-2)13-17-20(23-18)15-11-10-14(25-5)12-19(15)27-22(17,3)4/h10-13H,6-9H2,1-5H3. The van der Waals surface area contributed by atoms with E-state index < -0.39 is 5.60 Å². The van der Waals surface area contributed by atoms with Crippen LogP contribution in [0.3, 0.4) is 0 Å². The van der Waals surface area contributed by atoms with Crippen LogP contribution >= 0.6 is 0 Å². The number of unbranched alkanes of at least 4 members (excludes halogenated alkanes) is 1. The van der Waals surface area contributed by atoms with E-state index in [1.165, 1.54) is 0 Å². The van der Waals surface area contributed by atoms with E-state index in [-0.39, 0.29) is 5.97 Å². The van der Waals surface area contributed by atoms with Crippen LogP contribution in [-0.4, -0.2) is 24.7 Å². The van der Waals surface area contributed by atoms with Gasteiger partial charge in [0.25, 0.3) is 0 Å². The SMILES string of the molecule is CCCCc1nc2c(cc1C(=O)OCC)C(C)(C)Oc1cc(OC)ccc1-2. The van der Waals surface area contributed by atoms with Crippen molar-refractivity contribution in [1.29, 1.82) is 0 Å². The van der Waals surface area contributed by atoms with E-state index in [0.29, 0.717) is 12.2 Å². The summed E-state index contributed by atoms with van der Waals surface area (Å²) in [6, 6.07) is 7.64. The van der Waals surface area contributed by atoms with Crippen molar-refractivity contribution in [2.24, 2.45) is 0 Å². The third kappa shape index (κ3) is 3.64. The Hall–Kier alpha value is -2.56. The Morgan fingerprint density at radius 2 is 2.00 bits per heavy atom. The van der Waals surface area contributed by atoms with Gasteiger partial charge in [-0.15, -0.1) is 0 Å². The summed E-state index contributed by atoms with van der Waals surface area (Å²) >= 11 is 0. The Bertz CT molecular complexity index is 858. The quantitative estimate of drug-likeness (QED) is 0.678. The van der Waals surface area contributed by atoms with Gasteiger partial charge < -0.3 is 14.2 Å². The zero-order valence-electron chi connectivity index (χ0n) is 16.7. The Kier molecular flexibility index (Phi) is 5.40. The molecule has 0 N–H and O–H groups in total. The molecular formula is C22H27NO4. The van der Waals surface area contributed by atoms with E-state index >= 15 is 0 Å². The molecule has 27 heavy (non-hydrogen) atoms.